The molecule has 8 N–H and O–H groups in total. The number of hydrogen-bond donors (Lipinski definition) is 8. The molecule has 1 aliphatic rings. The topological polar surface area (TPSA) is 352 Å². The van der Waals surface area contributed by atoms with Gasteiger partial charge in [-0.2, -0.15) is 14.0 Å². The van der Waals surface area contributed by atoms with E-state index in [-0.39, 0.29) is 65.9 Å². The second kappa shape index (κ2) is 31.8. The summed E-state index contributed by atoms with van der Waals surface area (Å²) in [5.41, 5.74) is 1.84. The Morgan fingerprint density at radius 2 is 1.42 bits per heavy atom. The number of carboxylic acids is 1. The van der Waals surface area contributed by atoms with Gasteiger partial charge in [-0.05, 0) is 23.6 Å². The summed E-state index contributed by atoms with van der Waals surface area (Å²) in [6.07, 6.45) is -4.58. The number of nitrogens with one attached hydrogen (secondary N) is 3. The number of aromatic amines is 1. The number of carbonyl (C=O) groups excluding carboxylic acids is 3. The van der Waals surface area contributed by atoms with Crippen LogP contribution in [0.3, 0.4) is 0 Å². The summed E-state index contributed by atoms with van der Waals surface area (Å²) in [4.78, 5) is 49.2. The zero-order valence-electron chi connectivity index (χ0n) is 41.3. The monoisotopic (exact) mass is 1110 g/mol. The number of esters is 1. The predicted octanol–water partition coefficient (Wildman–Crippen LogP) is -0.202. The second-order valence-electron chi connectivity index (χ2n) is 17.0. The standard InChI is InChI=1S/C46H60F5N9O17/c47-35-36(48)38(50)42(39(51)37(35)49)76-34(66)9-13-70-15-17-72-19-20-73-18-16-71-14-10-60-24-29(54-59-60)26-74-11-3-1-2-4-12-75-46(45(68)69)22-30(62)40(53-33(65)25-61)43(77-46)41(67)31(63)23-52-32(64)21-27-5-7-28(8-6-27)44-55-57-58-56-44/h5-8,24,30-31,40-41,43,61-63,67H,1-4,9-23,25-26H2,(H,52,64)(H,53,65)(H,68,69)(H,55,56,57,58)/t30-,31+,40+,41+,43+,46+/m0/s1. The number of unbranched alkanes of at least 4 members (excludes halogenated alkanes) is 3. The zero-order valence-corrected chi connectivity index (χ0v) is 41.3. The minimum absolute atomic E-state index is 0.0299. The van der Waals surface area contributed by atoms with Crippen molar-refractivity contribution >= 4 is 23.8 Å². The van der Waals surface area contributed by atoms with Crippen LogP contribution in [0.2, 0.25) is 0 Å². The molecule has 2 aromatic heterocycles. The molecule has 2 amide bonds. The Kier molecular flexibility index (Phi) is 25.5. The van der Waals surface area contributed by atoms with Crippen molar-refractivity contribution in [2.75, 3.05) is 79.2 Å². The smallest absolute Gasteiger partial charge is 0.364 e. The van der Waals surface area contributed by atoms with Crippen LogP contribution in [-0.2, 0) is 71.9 Å². The van der Waals surface area contributed by atoms with E-state index in [1.165, 1.54) is 0 Å². The molecule has 6 atom stereocenters. The summed E-state index contributed by atoms with van der Waals surface area (Å²) < 4.78 is 111. The van der Waals surface area contributed by atoms with Gasteiger partial charge in [-0.3, -0.25) is 14.4 Å². The van der Waals surface area contributed by atoms with E-state index >= 15 is 0 Å². The number of benzene rings is 2. The van der Waals surface area contributed by atoms with Gasteiger partial charge in [-0.1, -0.05) is 42.3 Å². The molecule has 0 aliphatic carbocycles. The lowest BCUT2D eigenvalue weighted by atomic mass is 9.88. The van der Waals surface area contributed by atoms with E-state index in [0.29, 0.717) is 68.1 Å². The number of tetrazole rings is 1. The fourth-order valence-corrected chi connectivity index (χ4v) is 7.31. The number of ether oxygens (including phenoxy) is 8. The lowest BCUT2D eigenvalue weighted by molar-refractivity contribution is -0.310. The van der Waals surface area contributed by atoms with Gasteiger partial charge < -0.3 is 74.1 Å². The molecular formula is C46H60F5N9O17. The molecule has 0 spiro atoms. The highest BCUT2D eigenvalue weighted by Gasteiger charge is 2.56. The molecular weight excluding hydrogens is 1050 g/mol. The van der Waals surface area contributed by atoms with Gasteiger partial charge >= 0.3 is 11.9 Å². The van der Waals surface area contributed by atoms with Crippen molar-refractivity contribution in [3.05, 3.63) is 70.8 Å². The summed E-state index contributed by atoms with van der Waals surface area (Å²) in [6.45, 7) is 0.513. The minimum Gasteiger partial charge on any atom is -0.477 e. The van der Waals surface area contributed by atoms with Crippen molar-refractivity contribution in [3.8, 4) is 17.1 Å². The number of aromatic nitrogens is 7. The van der Waals surface area contributed by atoms with E-state index in [4.69, 9.17) is 33.2 Å². The summed E-state index contributed by atoms with van der Waals surface area (Å²) >= 11 is 0. The number of rotatable bonds is 36. The number of H-pyrrole nitrogens is 1. The van der Waals surface area contributed by atoms with Gasteiger partial charge in [0.2, 0.25) is 52.5 Å². The predicted molar refractivity (Wildman–Crippen MR) is 247 cm³/mol. The number of hydrogen-bond acceptors (Lipinski definition) is 21. The first-order valence-corrected chi connectivity index (χ1v) is 24.1. The van der Waals surface area contributed by atoms with E-state index in [1.807, 2.05) is 0 Å². The normalized spacial score (nSPS) is 18.2. The van der Waals surface area contributed by atoms with Crippen LogP contribution in [0.4, 0.5) is 22.0 Å². The van der Waals surface area contributed by atoms with Crippen LogP contribution in [0.25, 0.3) is 11.4 Å². The Labute approximate surface area is 435 Å². The van der Waals surface area contributed by atoms with Crippen molar-refractivity contribution in [2.24, 2.45) is 0 Å². The van der Waals surface area contributed by atoms with Gasteiger partial charge in [0.1, 0.15) is 24.5 Å². The average Bonchev–Trinajstić information content (AvgIpc) is 4.15. The van der Waals surface area contributed by atoms with Crippen molar-refractivity contribution in [1.82, 2.24) is 46.3 Å². The number of nitrogens with zero attached hydrogens (tertiary/aromatic N) is 6. The Hall–Kier alpha value is -6.26. The van der Waals surface area contributed by atoms with E-state index in [9.17, 15) is 66.7 Å². The third kappa shape index (κ3) is 19.3. The SMILES string of the molecule is O=C(Cc1ccc(-c2nn[nH]n2)cc1)NC[C@@H](O)[C@@H](O)[C@@H]1O[C@@](OCCCCCCOCc2cn(CCOCCOCCOCCOCCC(=O)Oc3c(F)c(F)c(F)c(F)c3F)nn2)(C(=O)O)C[C@H](O)[C@H]1NC(=O)CO. The number of halogens is 5. The number of carboxylic acid groups (broad SMARTS) is 1. The number of amides is 2. The molecule has 31 heteroatoms. The molecule has 0 unspecified atom stereocenters. The second-order valence-corrected chi connectivity index (χ2v) is 17.0. The molecule has 0 saturated carbocycles. The maximum atomic E-state index is 13.6. The molecule has 1 aliphatic heterocycles. The fraction of sp³-hybridized carbons (Fsp3) is 0.587. The number of aliphatic hydroxyl groups is 4. The fourth-order valence-electron chi connectivity index (χ4n) is 7.31. The largest absolute Gasteiger partial charge is 0.477 e. The lowest BCUT2D eigenvalue weighted by Gasteiger charge is -2.46. The van der Waals surface area contributed by atoms with Crippen LogP contribution >= 0.6 is 0 Å². The third-order valence-corrected chi connectivity index (χ3v) is 11.3. The highest BCUT2D eigenvalue weighted by molar-refractivity contribution is 5.79. The highest BCUT2D eigenvalue weighted by Crippen LogP contribution is 2.34. The Balaban J connectivity index is 0.884. The first-order valence-electron chi connectivity index (χ1n) is 24.1. The Morgan fingerprint density at radius 3 is 2.04 bits per heavy atom. The maximum absolute atomic E-state index is 13.6. The van der Waals surface area contributed by atoms with E-state index in [2.05, 4.69) is 46.3 Å². The Bertz CT molecular complexity index is 2440. The van der Waals surface area contributed by atoms with Crippen molar-refractivity contribution < 1.29 is 105 Å². The van der Waals surface area contributed by atoms with Crippen LogP contribution in [-0.4, -0.2) is 200 Å². The van der Waals surface area contributed by atoms with Crippen molar-refractivity contribution in [3.63, 3.8) is 0 Å². The molecule has 2 aromatic carbocycles. The van der Waals surface area contributed by atoms with Gasteiger partial charge in [-0.25, -0.2) is 22.6 Å². The molecule has 26 nitrogen and oxygen atoms in total. The number of carbonyl (C=O) groups is 4. The van der Waals surface area contributed by atoms with Crippen LogP contribution in [0.5, 0.6) is 5.75 Å². The van der Waals surface area contributed by atoms with Gasteiger partial charge in [0.25, 0.3) is 5.79 Å². The van der Waals surface area contributed by atoms with Gasteiger partial charge in [0, 0.05) is 25.1 Å². The molecule has 4 aromatic rings. The van der Waals surface area contributed by atoms with Crippen LogP contribution in [0.1, 0.15) is 49.8 Å². The van der Waals surface area contributed by atoms with Gasteiger partial charge in [0.05, 0.1) is 110 Å². The summed E-state index contributed by atoms with van der Waals surface area (Å²) in [5, 5.41) is 79.3. The van der Waals surface area contributed by atoms with Crippen LogP contribution in [0, 0.1) is 29.1 Å². The maximum Gasteiger partial charge on any atom is 0.364 e. The molecule has 0 bridgehead atoms. The lowest BCUT2D eigenvalue weighted by Crippen LogP contribution is -2.68. The van der Waals surface area contributed by atoms with E-state index < -0.39 is 121 Å². The molecule has 77 heavy (non-hydrogen) atoms. The summed E-state index contributed by atoms with van der Waals surface area (Å²) in [5.74, 6) is -19.6. The quantitative estimate of drug-likeness (QED) is 0.00730. The third-order valence-electron chi connectivity index (χ3n) is 11.3. The van der Waals surface area contributed by atoms with Gasteiger partial charge in [-0.15, -0.1) is 15.3 Å². The Morgan fingerprint density at radius 1 is 0.792 bits per heavy atom. The minimum atomic E-state index is -2.50. The van der Waals surface area contributed by atoms with E-state index in [1.54, 1.807) is 35.1 Å². The number of aliphatic hydroxyl groups excluding tert-OH is 4. The van der Waals surface area contributed by atoms with E-state index in [0.717, 1.165) is 0 Å². The highest BCUT2D eigenvalue weighted by atomic mass is 19.2. The molecule has 0 radical (unpaired) electrons. The summed E-state index contributed by atoms with van der Waals surface area (Å²) in [6, 6.07) is 5.21. The molecule has 5 rings (SSSR count). The van der Waals surface area contributed by atoms with Crippen molar-refractivity contribution in [2.45, 2.75) is 94.3 Å². The molecule has 3 heterocycles. The molecule has 1 saturated heterocycles. The molecule has 426 valence electrons. The molecule has 1 fully saturated rings. The van der Waals surface area contributed by atoms with Crippen LogP contribution in [0.15, 0.2) is 30.5 Å². The van der Waals surface area contributed by atoms with Crippen LogP contribution < -0.4 is 15.4 Å². The average molecular weight is 1110 g/mol. The van der Waals surface area contributed by atoms with Crippen molar-refractivity contribution in [1.29, 1.82) is 0 Å². The first kappa shape index (κ1) is 61.6. The number of aliphatic carboxylic acids is 1. The summed E-state index contributed by atoms with van der Waals surface area (Å²) in [7, 11) is 0. The zero-order chi connectivity index (χ0) is 55.7. The van der Waals surface area contributed by atoms with Gasteiger partial charge in [0.15, 0.2) is 0 Å². The first-order chi connectivity index (χ1) is 37.0.